The number of ether oxygens (including phenoxy) is 1. The number of methoxy groups -OCH3 is 1. The third-order valence-corrected chi connectivity index (χ3v) is 5.36. The molecule has 1 fully saturated rings. The van der Waals surface area contributed by atoms with Crippen LogP contribution in [0.4, 0.5) is 5.69 Å². The number of carbonyl (C=O) groups is 1. The van der Waals surface area contributed by atoms with Gasteiger partial charge in [0, 0.05) is 38.1 Å². The standard InChI is InChI=1S/C22H24N4O3/c1-3-26-17-9-5-4-8-16(17)21(27)20(23-26)22(28)25-14-12-24(13-15-25)18-10-6-7-11-19(18)29-2/h4-11H,3,12-15H2,1-2H3. The summed E-state index contributed by atoms with van der Waals surface area (Å²) < 4.78 is 7.17. The highest BCUT2D eigenvalue weighted by molar-refractivity contribution is 5.95. The van der Waals surface area contributed by atoms with Gasteiger partial charge in [-0.3, -0.25) is 14.3 Å². The normalized spacial score (nSPS) is 14.3. The van der Waals surface area contributed by atoms with Crippen molar-refractivity contribution in [3.8, 4) is 5.75 Å². The Labute approximate surface area is 169 Å². The zero-order valence-electron chi connectivity index (χ0n) is 16.7. The molecule has 2 aromatic carbocycles. The largest absolute Gasteiger partial charge is 0.495 e. The maximum atomic E-state index is 13.1. The van der Waals surface area contributed by atoms with Gasteiger partial charge in [0.1, 0.15) is 5.75 Å². The second-order valence-electron chi connectivity index (χ2n) is 6.96. The van der Waals surface area contributed by atoms with Gasteiger partial charge in [-0.1, -0.05) is 24.3 Å². The van der Waals surface area contributed by atoms with Crippen molar-refractivity contribution in [3.63, 3.8) is 0 Å². The fraction of sp³-hybridized carbons (Fsp3) is 0.318. The first kappa shape index (κ1) is 19.0. The Kier molecular flexibility index (Phi) is 5.20. The van der Waals surface area contributed by atoms with Crippen molar-refractivity contribution in [1.29, 1.82) is 0 Å². The Bertz CT molecular complexity index is 1100. The van der Waals surface area contributed by atoms with Gasteiger partial charge in [0.15, 0.2) is 5.69 Å². The molecule has 2 heterocycles. The summed E-state index contributed by atoms with van der Waals surface area (Å²) in [6.45, 7) is 4.92. The first-order valence-corrected chi connectivity index (χ1v) is 9.81. The van der Waals surface area contributed by atoms with Gasteiger partial charge in [-0.15, -0.1) is 0 Å². The second-order valence-corrected chi connectivity index (χ2v) is 6.96. The molecule has 0 bridgehead atoms. The Morgan fingerprint density at radius 3 is 2.45 bits per heavy atom. The van der Waals surface area contributed by atoms with Crippen LogP contribution < -0.4 is 15.1 Å². The molecule has 1 aliphatic heterocycles. The Balaban J connectivity index is 1.58. The third-order valence-electron chi connectivity index (χ3n) is 5.36. The average molecular weight is 392 g/mol. The molecule has 7 heteroatoms. The Morgan fingerprint density at radius 2 is 1.72 bits per heavy atom. The molecule has 0 atom stereocenters. The lowest BCUT2D eigenvalue weighted by Crippen LogP contribution is -2.50. The number of para-hydroxylation sites is 3. The highest BCUT2D eigenvalue weighted by Crippen LogP contribution is 2.28. The molecule has 1 aliphatic rings. The van der Waals surface area contributed by atoms with Crippen LogP contribution in [0.1, 0.15) is 17.4 Å². The van der Waals surface area contributed by atoms with E-state index < -0.39 is 0 Å². The van der Waals surface area contributed by atoms with Crippen LogP contribution in [0.2, 0.25) is 0 Å². The molecule has 29 heavy (non-hydrogen) atoms. The van der Waals surface area contributed by atoms with E-state index in [0.717, 1.165) is 17.0 Å². The zero-order chi connectivity index (χ0) is 20.4. The number of amides is 1. The summed E-state index contributed by atoms with van der Waals surface area (Å²) in [6, 6.07) is 15.1. The topological polar surface area (TPSA) is 67.7 Å². The minimum atomic E-state index is -0.303. The number of piperazine rings is 1. The summed E-state index contributed by atoms with van der Waals surface area (Å²) in [5, 5.41) is 4.91. The van der Waals surface area contributed by atoms with Crippen molar-refractivity contribution in [2.75, 3.05) is 38.2 Å². The van der Waals surface area contributed by atoms with Crippen molar-refractivity contribution in [2.45, 2.75) is 13.5 Å². The highest BCUT2D eigenvalue weighted by Gasteiger charge is 2.27. The van der Waals surface area contributed by atoms with Crippen LogP contribution in [0, 0.1) is 0 Å². The molecule has 0 spiro atoms. The highest BCUT2D eigenvalue weighted by atomic mass is 16.5. The van der Waals surface area contributed by atoms with Gasteiger partial charge in [-0.2, -0.15) is 5.10 Å². The maximum absolute atomic E-state index is 13.1. The molecule has 1 amide bonds. The number of aromatic nitrogens is 2. The van der Waals surface area contributed by atoms with E-state index in [4.69, 9.17) is 4.74 Å². The molecule has 7 nitrogen and oxygen atoms in total. The molecule has 0 unspecified atom stereocenters. The third kappa shape index (κ3) is 3.44. The smallest absolute Gasteiger partial charge is 0.278 e. The summed E-state index contributed by atoms with van der Waals surface area (Å²) >= 11 is 0. The predicted molar refractivity (Wildman–Crippen MR) is 113 cm³/mol. The van der Waals surface area contributed by atoms with Gasteiger partial charge in [0.05, 0.1) is 18.3 Å². The van der Waals surface area contributed by atoms with Crippen LogP contribution in [-0.2, 0) is 6.54 Å². The molecular weight excluding hydrogens is 368 g/mol. The van der Waals surface area contributed by atoms with E-state index in [1.165, 1.54) is 0 Å². The van der Waals surface area contributed by atoms with Gasteiger partial charge < -0.3 is 14.5 Å². The molecule has 0 saturated carbocycles. The number of carbonyl (C=O) groups excluding carboxylic acids is 1. The van der Waals surface area contributed by atoms with Crippen LogP contribution in [0.5, 0.6) is 5.75 Å². The van der Waals surface area contributed by atoms with Gasteiger partial charge in [-0.25, -0.2) is 0 Å². The first-order chi connectivity index (χ1) is 14.1. The van der Waals surface area contributed by atoms with E-state index in [1.54, 1.807) is 22.8 Å². The van der Waals surface area contributed by atoms with E-state index in [1.807, 2.05) is 49.4 Å². The Hall–Kier alpha value is -3.35. The molecule has 3 aromatic rings. The quantitative estimate of drug-likeness (QED) is 0.682. The van der Waals surface area contributed by atoms with Crippen LogP contribution in [0.3, 0.4) is 0 Å². The fourth-order valence-electron chi connectivity index (χ4n) is 3.81. The molecule has 1 aromatic heterocycles. The molecule has 1 saturated heterocycles. The lowest BCUT2D eigenvalue weighted by atomic mass is 10.1. The van der Waals surface area contributed by atoms with E-state index in [2.05, 4.69) is 10.00 Å². The minimum absolute atomic E-state index is 0.00343. The van der Waals surface area contributed by atoms with Gasteiger partial charge in [-0.05, 0) is 31.2 Å². The molecule has 4 rings (SSSR count). The number of hydrogen-bond donors (Lipinski definition) is 0. The summed E-state index contributed by atoms with van der Waals surface area (Å²) in [6.07, 6.45) is 0. The second kappa shape index (κ2) is 7.95. The number of hydrogen-bond acceptors (Lipinski definition) is 5. The monoisotopic (exact) mass is 392 g/mol. The van der Waals surface area contributed by atoms with Crippen LogP contribution in [-0.4, -0.2) is 53.9 Å². The van der Waals surface area contributed by atoms with E-state index in [9.17, 15) is 9.59 Å². The average Bonchev–Trinajstić information content (AvgIpc) is 2.79. The number of rotatable bonds is 4. The van der Waals surface area contributed by atoms with Crippen molar-refractivity contribution in [1.82, 2.24) is 14.7 Å². The molecule has 0 radical (unpaired) electrons. The molecule has 0 aliphatic carbocycles. The summed E-state index contributed by atoms with van der Waals surface area (Å²) in [4.78, 5) is 29.9. The number of fused-ring (bicyclic) bond motifs is 1. The SMILES string of the molecule is CCn1nc(C(=O)N2CCN(c3ccccc3OC)CC2)c(=O)c2ccccc21. The molecule has 0 N–H and O–H groups in total. The number of anilines is 1. The van der Waals surface area contributed by atoms with E-state index >= 15 is 0 Å². The first-order valence-electron chi connectivity index (χ1n) is 9.81. The van der Waals surface area contributed by atoms with Crippen molar-refractivity contribution >= 4 is 22.5 Å². The lowest BCUT2D eigenvalue weighted by molar-refractivity contribution is 0.0737. The number of nitrogens with zero attached hydrogens (tertiary/aromatic N) is 4. The van der Waals surface area contributed by atoms with E-state index in [0.29, 0.717) is 38.1 Å². The summed E-state index contributed by atoms with van der Waals surface area (Å²) in [5.74, 6) is 0.511. The Morgan fingerprint density at radius 1 is 1.03 bits per heavy atom. The van der Waals surface area contributed by atoms with Gasteiger partial charge in [0.25, 0.3) is 5.91 Å². The van der Waals surface area contributed by atoms with Gasteiger partial charge >= 0.3 is 0 Å². The zero-order valence-corrected chi connectivity index (χ0v) is 16.7. The fourth-order valence-corrected chi connectivity index (χ4v) is 3.81. The maximum Gasteiger partial charge on any atom is 0.278 e. The van der Waals surface area contributed by atoms with Crippen molar-refractivity contribution in [2.24, 2.45) is 0 Å². The predicted octanol–water partition coefficient (Wildman–Crippen LogP) is 2.39. The van der Waals surface area contributed by atoms with Crippen LogP contribution >= 0.6 is 0 Å². The van der Waals surface area contributed by atoms with E-state index in [-0.39, 0.29) is 17.0 Å². The minimum Gasteiger partial charge on any atom is -0.495 e. The summed E-state index contributed by atoms with van der Waals surface area (Å²) in [7, 11) is 1.66. The van der Waals surface area contributed by atoms with Crippen LogP contribution in [0.25, 0.3) is 10.9 Å². The molecular formula is C22H24N4O3. The summed E-state index contributed by atoms with van der Waals surface area (Å²) in [5.41, 5.74) is 1.45. The lowest BCUT2D eigenvalue weighted by Gasteiger charge is -2.36. The van der Waals surface area contributed by atoms with Crippen LogP contribution in [0.15, 0.2) is 53.3 Å². The van der Waals surface area contributed by atoms with Crippen molar-refractivity contribution < 1.29 is 9.53 Å². The number of aryl methyl sites for hydroxylation is 1. The number of benzene rings is 2. The van der Waals surface area contributed by atoms with Crippen molar-refractivity contribution in [3.05, 3.63) is 64.4 Å². The molecule has 150 valence electrons. The van der Waals surface area contributed by atoms with Gasteiger partial charge in [0.2, 0.25) is 5.43 Å².